The van der Waals surface area contributed by atoms with E-state index in [1.165, 1.54) is 12.0 Å². The molecule has 0 spiro atoms. The fraction of sp³-hybridized carbons (Fsp3) is 0.438. The van der Waals surface area contributed by atoms with Crippen molar-refractivity contribution < 1.29 is 18.6 Å². The van der Waals surface area contributed by atoms with E-state index < -0.39 is 11.7 Å². The molecule has 0 amide bonds. The first-order valence-corrected chi connectivity index (χ1v) is 8.46. The lowest BCUT2D eigenvalue weighted by atomic mass is 9.81. The number of hydrogen-bond donors (Lipinski definition) is 0. The molecular formula is C16H17ClO4S. The Hall–Kier alpha value is -1.17. The zero-order chi connectivity index (χ0) is 16.1. The summed E-state index contributed by atoms with van der Waals surface area (Å²) < 4.78 is 5.23. The third kappa shape index (κ3) is 3.97. The standard InChI is InChI=1S/C16H17ClO4S/c1-2-21-22-9-10-8-11(17)6-7-12(10)16(20)15-13(18)4-3-5-14(15)19/h6-8,15H,2-5,9H2,1H3. The quantitative estimate of drug-likeness (QED) is 0.342. The van der Waals surface area contributed by atoms with Crippen molar-refractivity contribution >= 4 is 41.0 Å². The number of carbonyl (C=O) groups excluding carboxylic acids is 3. The summed E-state index contributed by atoms with van der Waals surface area (Å²) in [6.07, 6.45) is 1.12. The zero-order valence-electron chi connectivity index (χ0n) is 12.3. The van der Waals surface area contributed by atoms with Crippen LogP contribution in [0, 0.1) is 5.92 Å². The highest BCUT2D eigenvalue weighted by atomic mass is 35.5. The second-order valence-electron chi connectivity index (χ2n) is 5.05. The first-order chi connectivity index (χ1) is 10.5. The van der Waals surface area contributed by atoms with Crippen LogP contribution in [-0.4, -0.2) is 24.0 Å². The van der Waals surface area contributed by atoms with Gasteiger partial charge in [-0.05, 0) is 49.1 Å². The smallest absolute Gasteiger partial charge is 0.181 e. The molecule has 6 heteroatoms. The maximum absolute atomic E-state index is 12.7. The van der Waals surface area contributed by atoms with Gasteiger partial charge in [0.05, 0.1) is 6.61 Å². The second kappa shape index (κ2) is 7.90. The van der Waals surface area contributed by atoms with Gasteiger partial charge in [0.1, 0.15) is 5.92 Å². The van der Waals surface area contributed by atoms with Crippen molar-refractivity contribution in [2.24, 2.45) is 5.92 Å². The van der Waals surface area contributed by atoms with Crippen molar-refractivity contribution in [3.05, 3.63) is 34.3 Å². The molecule has 1 aliphatic rings. The predicted octanol–water partition coefficient (Wildman–Crippen LogP) is 3.65. The Labute approximate surface area is 138 Å². The maximum Gasteiger partial charge on any atom is 0.181 e. The van der Waals surface area contributed by atoms with Crippen LogP contribution in [-0.2, 0) is 19.5 Å². The highest BCUT2D eigenvalue weighted by molar-refractivity contribution is 7.93. The number of rotatable bonds is 6. The minimum absolute atomic E-state index is 0.278. The topological polar surface area (TPSA) is 60.4 Å². The number of hydrogen-bond acceptors (Lipinski definition) is 5. The highest BCUT2D eigenvalue weighted by Crippen LogP contribution is 2.27. The molecule has 1 saturated carbocycles. The molecule has 0 saturated heterocycles. The molecule has 4 nitrogen and oxygen atoms in total. The van der Waals surface area contributed by atoms with Crippen LogP contribution in [0.3, 0.4) is 0 Å². The normalized spacial score (nSPS) is 16.1. The molecule has 1 aromatic rings. The van der Waals surface area contributed by atoms with Gasteiger partial charge in [-0.2, -0.15) is 0 Å². The Morgan fingerprint density at radius 1 is 1.32 bits per heavy atom. The molecule has 1 aromatic carbocycles. The predicted molar refractivity (Wildman–Crippen MR) is 86.1 cm³/mol. The van der Waals surface area contributed by atoms with Gasteiger partial charge < -0.3 is 4.18 Å². The summed E-state index contributed by atoms with van der Waals surface area (Å²) in [6, 6.07) is 4.86. The van der Waals surface area contributed by atoms with Crippen molar-refractivity contribution in [1.82, 2.24) is 0 Å². The lowest BCUT2D eigenvalue weighted by Gasteiger charge is -2.19. The van der Waals surface area contributed by atoms with Crippen molar-refractivity contribution in [2.75, 3.05) is 6.61 Å². The van der Waals surface area contributed by atoms with Gasteiger partial charge in [0, 0.05) is 29.2 Å². The molecule has 118 valence electrons. The van der Waals surface area contributed by atoms with Gasteiger partial charge in [-0.3, -0.25) is 14.4 Å². The minimum atomic E-state index is -1.15. The third-order valence-electron chi connectivity index (χ3n) is 3.50. The van der Waals surface area contributed by atoms with Gasteiger partial charge in [0.25, 0.3) is 0 Å². The van der Waals surface area contributed by atoms with Crippen LogP contribution in [0.5, 0.6) is 0 Å². The molecule has 0 aliphatic heterocycles. The first-order valence-electron chi connectivity index (χ1n) is 7.17. The second-order valence-corrected chi connectivity index (χ2v) is 6.25. The Bertz CT molecular complexity index is 584. The molecule has 2 rings (SSSR count). The summed E-state index contributed by atoms with van der Waals surface area (Å²) in [6.45, 7) is 2.42. The van der Waals surface area contributed by atoms with E-state index in [1.54, 1.807) is 18.2 Å². The summed E-state index contributed by atoms with van der Waals surface area (Å²) in [5.41, 5.74) is 1.06. The largest absolute Gasteiger partial charge is 0.315 e. The Balaban J connectivity index is 2.28. The van der Waals surface area contributed by atoms with Gasteiger partial charge >= 0.3 is 0 Å². The monoisotopic (exact) mass is 340 g/mol. The lowest BCUT2D eigenvalue weighted by Crippen LogP contribution is -2.35. The summed E-state index contributed by atoms with van der Waals surface area (Å²) in [7, 11) is 0. The van der Waals surface area contributed by atoms with E-state index in [9.17, 15) is 14.4 Å². The maximum atomic E-state index is 12.7. The van der Waals surface area contributed by atoms with E-state index in [0.717, 1.165) is 0 Å². The highest BCUT2D eigenvalue weighted by Gasteiger charge is 2.37. The van der Waals surface area contributed by atoms with Crippen molar-refractivity contribution in [2.45, 2.75) is 31.9 Å². The molecular weight excluding hydrogens is 324 g/mol. The molecule has 1 fully saturated rings. The third-order valence-corrected chi connectivity index (χ3v) is 4.57. The number of benzene rings is 1. The van der Waals surface area contributed by atoms with Crippen molar-refractivity contribution in [1.29, 1.82) is 0 Å². The first kappa shape index (κ1) is 17.2. The molecule has 1 aliphatic carbocycles. The Morgan fingerprint density at radius 2 is 2.00 bits per heavy atom. The molecule has 22 heavy (non-hydrogen) atoms. The lowest BCUT2D eigenvalue weighted by molar-refractivity contribution is -0.133. The van der Waals surface area contributed by atoms with Crippen molar-refractivity contribution in [3.63, 3.8) is 0 Å². The van der Waals surface area contributed by atoms with Gasteiger partial charge in [-0.25, -0.2) is 0 Å². The molecule has 0 atom stereocenters. The van der Waals surface area contributed by atoms with Gasteiger partial charge in [-0.1, -0.05) is 11.6 Å². The number of Topliss-reactive ketones (excluding diaryl/α,β-unsaturated/α-hetero) is 3. The molecule has 0 N–H and O–H groups in total. The van der Waals surface area contributed by atoms with E-state index in [-0.39, 0.29) is 11.6 Å². The molecule has 0 unspecified atom stereocenters. The minimum Gasteiger partial charge on any atom is -0.315 e. The van der Waals surface area contributed by atoms with Crippen LogP contribution in [0.15, 0.2) is 18.2 Å². The SMILES string of the molecule is CCOSCc1cc(Cl)ccc1C(=O)C1C(=O)CCCC1=O. The molecule has 0 aromatic heterocycles. The van der Waals surface area contributed by atoms with Crippen LogP contribution in [0.2, 0.25) is 5.02 Å². The number of ketones is 3. The van der Waals surface area contributed by atoms with Gasteiger partial charge in [-0.15, -0.1) is 0 Å². The fourth-order valence-corrected chi connectivity index (χ4v) is 3.27. The van der Waals surface area contributed by atoms with Gasteiger partial charge in [0.2, 0.25) is 0 Å². The summed E-state index contributed by atoms with van der Waals surface area (Å²) >= 11 is 7.20. The van der Waals surface area contributed by atoms with Crippen LogP contribution in [0.25, 0.3) is 0 Å². The van der Waals surface area contributed by atoms with E-state index in [2.05, 4.69) is 0 Å². The van der Waals surface area contributed by atoms with E-state index in [4.69, 9.17) is 15.8 Å². The summed E-state index contributed by atoms with van der Waals surface area (Å²) in [5.74, 6) is -1.69. The molecule has 0 heterocycles. The average molecular weight is 341 g/mol. The molecule has 0 radical (unpaired) electrons. The van der Waals surface area contributed by atoms with Gasteiger partial charge in [0.15, 0.2) is 17.3 Å². The summed E-state index contributed by atoms with van der Waals surface area (Å²) in [5, 5.41) is 0.505. The number of carbonyl (C=O) groups is 3. The molecule has 0 bridgehead atoms. The van der Waals surface area contributed by atoms with E-state index >= 15 is 0 Å². The van der Waals surface area contributed by atoms with Crippen molar-refractivity contribution in [3.8, 4) is 0 Å². The zero-order valence-corrected chi connectivity index (χ0v) is 13.8. The van der Waals surface area contributed by atoms with Crippen LogP contribution >= 0.6 is 23.6 Å². The Morgan fingerprint density at radius 3 is 2.64 bits per heavy atom. The van der Waals surface area contributed by atoms with E-state index in [1.807, 2.05) is 6.92 Å². The fourth-order valence-electron chi connectivity index (χ4n) is 2.46. The summed E-state index contributed by atoms with van der Waals surface area (Å²) in [4.78, 5) is 36.6. The number of halogens is 1. The van der Waals surface area contributed by atoms with Crippen LogP contribution in [0.1, 0.15) is 42.1 Å². The average Bonchev–Trinajstić information content (AvgIpc) is 2.47. The van der Waals surface area contributed by atoms with E-state index in [0.29, 0.717) is 47.8 Å². The Kier molecular flexibility index (Phi) is 6.17. The van der Waals surface area contributed by atoms with Crippen LogP contribution in [0.4, 0.5) is 0 Å². The van der Waals surface area contributed by atoms with Crippen LogP contribution < -0.4 is 0 Å².